The van der Waals surface area contributed by atoms with Crippen molar-refractivity contribution in [3.05, 3.63) is 83.3 Å². The molecule has 5 aromatic rings. The second-order valence-corrected chi connectivity index (χ2v) is 13.6. The van der Waals surface area contributed by atoms with Crippen molar-refractivity contribution in [1.29, 1.82) is 0 Å². The number of carbonyl (C=O) groups excluding carboxylic acids is 3. The Bertz CT molecular complexity index is 2180. The summed E-state index contributed by atoms with van der Waals surface area (Å²) in [5, 5.41) is 10.2. The number of aryl methyl sites for hydroxylation is 1. The van der Waals surface area contributed by atoms with Crippen LogP contribution in [0.4, 0.5) is 9.18 Å². The fraction of sp³-hybridized carbons (Fsp3) is 0.375. The van der Waals surface area contributed by atoms with E-state index in [-0.39, 0.29) is 23.8 Å². The number of hydrogen-bond acceptors (Lipinski definition) is 7. The maximum atomic E-state index is 15.2. The van der Waals surface area contributed by atoms with E-state index in [1.807, 2.05) is 50.2 Å². The van der Waals surface area contributed by atoms with Gasteiger partial charge in [0, 0.05) is 36.0 Å². The van der Waals surface area contributed by atoms with Crippen LogP contribution in [0.1, 0.15) is 68.3 Å². The minimum atomic E-state index is -0.707. The van der Waals surface area contributed by atoms with E-state index in [2.05, 4.69) is 42.7 Å². The molecule has 6 rings (SSSR count). The smallest absolute Gasteiger partial charge is 0.407 e. The van der Waals surface area contributed by atoms with Crippen molar-refractivity contribution in [2.45, 2.75) is 58.0 Å². The highest BCUT2D eigenvalue weighted by atomic mass is 19.1. The molecule has 2 unspecified atom stereocenters. The third kappa shape index (κ3) is 8.67. The Morgan fingerprint density at radius 1 is 1.08 bits per heavy atom. The summed E-state index contributed by atoms with van der Waals surface area (Å²) >= 11 is 0. The number of nitrogens with one attached hydrogen (secondary N) is 5. The Morgan fingerprint density at radius 2 is 1.92 bits per heavy atom. The number of imidazole rings is 2. The molecule has 3 amide bonds. The summed E-state index contributed by atoms with van der Waals surface area (Å²) in [4.78, 5) is 55.0. The molecule has 2 atom stereocenters. The summed E-state index contributed by atoms with van der Waals surface area (Å²) in [6.07, 6.45) is 5.07. The third-order valence-electron chi connectivity index (χ3n) is 9.48. The first-order valence-corrected chi connectivity index (χ1v) is 18.0. The van der Waals surface area contributed by atoms with Crippen LogP contribution in [-0.2, 0) is 20.7 Å². The van der Waals surface area contributed by atoms with E-state index in [1.165, 1.54) is 13.2 Å². The van der Waals surface area contributed by atoms with Gasteiger partial charge < -0.3 is 35.6 Å². The van der Waals surface area contributed by atoms with Crippen LogP contribution in [0.3, 0.4) is 0 Å². The quantitative estimate of drug-likeness (QED) is 0.0860. The standard InChI is InChI=1S/C40H45FN8O4/c1-24(2)36(48-40(52)53-4)39(51)49-19-7-8-33(49)38-46-31-17-15-27-20-25(11-16-29(27)37(31)47-38)10-12-26-13-14-28(21-30(26)41)32-22-44-34(45-32)9-5-6-18-43-35(50)23-42-3/h11,13-17,20-22,24,33,36,42H,5-9,18-19,23H2,1-4H3,(H,43,50)(H,44,45)(H,46,47)(H,48,52). The number of unbranched alkanes of at least 4 members (excludes halogenated alkanes) is 1. The highest BCUT2D eigenvalue weighted by Gasteiger charge is 2.37. The molecule has 1 aliphatic heterocycles. The van der Waals surface area contributed by atoms with Crippen LogP contribution in [0.5, 0.6) is 0 Å². The van der Waals surface area contributed by atoms with Crippen LogP contribution < -0.4 is 16.0 Å². The molecule has 0 radical (unpaired) electrons. The summed E-state index contributed by atoms with van der Waals surface area (Å²) in [6, 6.07) is 13.8. The maximum Gasteiger partial charge on any atom is 0.407 e. The monoisotopic (exact) mass is 720 g/mol. The first kappa shape index (κ1) is 37.0. The van der Waals surface area contributed by atoms with Crippen LogP contribution in [0.25, 0.3) is 33.1 Å². The number of fused-ring (bicyclic) bond motifs is 3. The van der Waals surface area contributed by atoms with Gasteiger partial charge in [-0.15, -0.1) is 0 Å². The summed E-state index contributed by atoms with van der Waals surface area (Å²) in [6.45, 7) is 5.27. The zero-order valence-corrected chi connectivity index (χ0v) is 30.4. The summed E-state index contributed by atoms with van der Waals surface area (Å²) in [7, 11) is 3.02. The zero-order valence-electron chi connectivity index (χ0n) is 30.4. The number of alkyl carbamates (subject to hydrolysis) is 1. The molecule has 1 aliphatic rings. The van der Waals surface area contributed by atoms with Crippen LogP contribution in [0.2, 0.25) is 0 Å². The predicted molar refractivity (Wildman–Crippen MR) is 201 cm³/mol. The lowest BCUT2D eigenvalue weighted by atomic mass is 10.0. The minimum absolute atomic E-state index is 0.0245. The number of H-pyrrole nitrogens is 2. The fourth-order valence-corrected chi connectivity index (χ4v) is 6.68. The van der Waals surface area contributed by atoms with E-state index in [4.69, 9.17) is 9.72 Å². The number of nitrogens with zero attached hydrogens (tertiary/aromatic N) is 3. The number of likely N-dealkylation sites (tertiary alicyclic amines) is 1. The number of likely N-dealkylation sites (N-methyl/N-ethyl adjacent to an activating group) is 1. The number of methoxy groups -OCH3 is 1. The second kappa shape index (κ2) is 16.7. The summed E-state index contributed by atoms with van der Waals surface area (Å²) < 4.78 is 20.0. The van der Waals surface area contributed by atoms with Gasteiger partial charge in [-0.25, -0.2) is 19.2 Å². The molecule has 1 saturated heterocycles. The fourth-order valence-electron chi connectivity index (χ4n) is 6.68. The Kier molecular flexibility index (Phi) is 11.7. The number of ether oxygens (including phenoxy) is 1. The number of aromatic amines is 2. The van der Waals surface area contributed by atoms with Crippen molar-refractivity contribution in [2.75, 3.05) is 33.8 Å². The molecule has 276 valence electrons. The Balaban J connectivity index is 1.12. The summed E-state index contributed by atoms with van der Waals surface area (Å²) in [5.41, 5.74) is 4.09. The molecule has 53 heavy (non-hydrogen) atoms. The van der Waals surface area contributed by atoms with Gasteiger partial charge in [0.2, 0.25) is 11.8 Å². The van der Waals surface area contributed by atoms with Gasteiger partial charge in [-0.2, -0.15) is 0 Å². The minimum Gasteiger partial charge on any atom is -0.453 e. The maximum absolute atomic E-state index is 15.2. The van der Waals surface area contributed by atoms with Crippen LogP contribution in [0, 0.1) is 23.6 Å². The molecule has 3 heterocycles. The van der Waals surface area contributed by atoms with Gasteiger partial charge in [-0.3, -0.25) is 9.59 Å². The first-order valence-electron chi connectivity index (χ1n) is 18.0. The van der Waals surface area contributed by atoms with Gasteiger partial charge in [0.15, 0.2) is 0 Å². The van der Waals surface area contributed by atoms with Gasteiger partial charge in [-0.1, -0.05) is 43.9 Å². The zero-order chi connectivity index (χ0) is 37.5. The van der Waals surface area contributed by atoms with E-state index in [0.717, 1.165) is 71.0 Å². The number of amides is 3. The number of carbonyl (C=O) groups is 3. The first-order chi connectivity index (χ1) is 25.6. The van der Waals surface area contributed by atoms with Gasteiger partial charge in [0.05, 0.1) is 48.2 Å². The Morgan fingerprint density at radius 3 is 2.70 bits per heavy atom. The van der Waals surface area contributed by atoms with Crippen molar-refractivity contribution in [3.8, 4) is 23.1 Å². The van der Waals surface area contributed by atoms with Crippen molar-refractivity contribution in [3.63, 3.8) is 0 Å². The average molecular weight is 721 g/mol. The molecular formula is C40H45FN8O4. The third-order valence-corrected chi connectivity index (χ3v) is 9.48. The van der Waals surface area contributed by atoms with E-state index < -0.39 is 18.0 Å². The molecule has 0 spiro atoms. The van der Waals surface area contributed by atoms with Gasteiger partial charge in [0.25, 0.3) is 0 Å². The number of rotatable bonds is 12. The largest absolute Gasteiger partial charge is 0.453 e. The molecule has 13 heteroatoms. The lowest BCUT2D eigenvalue weighted by Gasteiger charge is -2.29. The molecule has 1 fully saturated rings. The highest BCUT2D eigenvalue weighted by molar-refractivity contribution is 6.04. The average Bonchev–Trinajstić information content (AvgIpc) is 3.93. The number of aromatic nitrogens is 4. The van der Waals surface area contributed by atoms with Crippen LogP contribution >= 0.6 is 0 Å². The van der Waals surface area contributed by atoms with Crippen LogP contribution in [0.15, 0.2) is 54.7 Å². The number of benzene rings is 3. The molecule has 3 aromatic carbocycles. The lowest BCUT2D eigenvalue weighted by molar-refractivity contribution is -0.135. The molecule has 2 aromatic heterocycles. The van der Waals surface area contributed by atoms with Gasteiger partial charge >= 0.3 is 6.09 Å². The topological polar surface area (TPSA) is 157 Å². The van der Waals surface area contributed by atoms with Crippen molar-refractivity contribution in [1.82, 2.24) is 40.8 Å². The molecule has 12 nitrogen and oxygen atoms in total. The normalized spacial score (nSPS) is 14.7. The van der Waals surface area contributed by atoms with E-state index >= 15 is 4.39 Å². The molecule has 5 N–H and O–H groups in total. The Labute approximate surface area is 307 Å². The Hall–Kier alpha value is -5.74. The second-order valence-electron chi connectivity index (χ2n) is 13.6. The van der Waals surface area contributed by atoms with Gasteiger partial charge in [0.1, 0.15) is 23.5 Å². The molecule has 0 bridgehead atoms. The molecule has 0 aliphatic carbocycles. The number of halogens is 1. The van der Waals surface area contributed by atoms with Crippen molar-refractivity contribution < 1.29 is 23.5 Å². The number of hydrogen-bond donors (Lipinski definition) is 5. The van der Waals surface area contributed by atoms with Crippen LogP contribution in [-0.4, -0.2) is 82.6 Å². The van der Waals surface area contributed by atoms with Gasteiger partial charge in [-0.05, 0) is 74.4 Å². The molecular weight excluding hydrogens is 675 g/mol. The predicted octanol–water partition coefficient (Wildman–Crippen LogP) is 5.35. The summed E-state index contributed by atoms with van der Waals surface area (Å²) in [5.74, 6) is 6.88. The van der Waals surface area contributed by atoms with Crippen molar-refractivity contribution >= 4 is 39.7 Å². The SMILES string of the molecule is CNCC(=O)NCCCCc1ncc(-c2ccc(C#Cc3ccc4c(ccc5[nH]c(C6CCCN6C(=O)C(NC(=O)OC)C(C)C)nc54)c3)c(F)c2)[nH]1. The highest BCUT2D eigenvalue weighted by Crippen LogP contribution is 2.34. The molecule has 0 saturated carbocycles. The van der Waals surface area contributed by atoms with E-state index in [0.29, 0.717) is 36.6 Å². The lowest BCUT2D eigenvalue weighted by Crippen LogP contribution is -2.51. The van der Waals surface area contributed by atoms with E-state index in [9.17, 15) is 14.4 Å². The van der Waals surface area contributed by atoms with E-state index in [1.54, 1.807) is 24.2 Å². The van der Waals surface area contributed by atoms with Crippen molar-refractivity contribution in [2.24, 2.45) is 5.92 Å².